The van der Waals surface area contributed by atoms with Crippen molar-refractivity contribution in [2.24, 2.45) is 0 Å². The molecule has 0 saturated heterocycles. The highest BCUT2D eigenvalue weighted by Crippen LogP contribution is 2.31. The molecule has 4 bridgehead atoms. The van der Waals surface area contributed by atoms with E-state index in [1.807, 2.05) is 49.2 Å². The number of benzene rings is 2. The normalized spacial score (nSPS) is 13.8. The van der Waals surface area contributed by atoms with Crippen LogP contribution in [0.3, 0.4) is 0 Å². The summed E-state index contributed by atoms with van der Waals surface area (Å²) < 4.78 is 2.20. The summed E-state index contributed by atoms with van der Waals surface area (Å²) in [5.74, 6) is 0.926. The first-order chi connectivity index (χ1) is 13.8. The van der Waals surface area contributed by atoms with Crippen LogP contribution in [0.1, 0.15) is 33.9 Å². The van der Waals surface area contributed by atoms with Crippen molar-refractivity contribution in [2.75, 3.05) is 0 Å². The molecule has 6 heterocycles. The second-order valence-corrected chi connectivity index (χ2v) is 7.04. The Bertz CT molecular complexity index is 1110. The number of aromatic nitrogens is 4. The predicted octanol–water partition coefficient (Wildman–Crippen LogP) is 4.37. The standard InChI is InChI=1S/C23H17N5.ClH/c24-10-17-3-1-16(2-4-17)9-21-13-25-15-28(21)14-22-18-5-7-19(8-6-18)23-26-11-20(22)12-27-23;/h1-8,11-13,15,22H,9,14H2;1H. The molecule has 4 aliphatic rings. The van der Waals surface area contributed by atoms with Crippen molar-refractivity contribution in [2.45, 2.75) is 18.9 Å². The molecule has 6 heteroatoms. The second kappa shape index (κ2) is 7.86. The van der Waals surface area contributed by atoms with Gasteiger partial charge in [-0.2, -0.15) is 5.26 Å². The average Bonchev–Trinajstić information content (AvgIpc) is 3.25. The van der Waals surface area contributed by atoms with Gasteiger partial charge in [0, 0.05) is 48.7 Å². The van der Waals surface area contributed by atoms with Gasteiger partial charge < -0.3 is 4.57 Å². The zero-order chi connectivity index (χ0) is 18.9. The third-order valence-electron chi connectivity index (χ3n) is 5.29. The molecule has 0 radical (unpaired) electrons. The lowest BCUT2D eigenvalue weighted by Gasteiger charge is -2.19. The molecular weight excluding hydrogens is 382 g/mol. The largest absolute Gasteiger partial charge is 0.333 e. The molecule has 29 heavy (non-hydrogen) atoms. The van der Waals surface area contributed by atoms with E-state index in [4.69, 9.17) is 5.26 Å². The lowest BCUT2D eigenvalue weighted by Crippen LogP contribution is -2.13. The third kappa shape index (κ3) is 3.63. The lowest BCUT2D eigenvalue weighted by atomic mass is 9.93. The van der Waals surface area contributed by atoms with Crippen molar-refractivity contribution in [3.8, 4) is 17.5 Å². The summed E-state index contributed by atoms with van der Waals surface area (Å²) in [6.07, 6.45) is 8.44. The van der Waals surface area contributed by atoms with E-state index in [0.29, 0.717) is 5.56 Å². The summed E-state index contributed by atoms with van der Waals surface area (Å²) in [7, 11) is 0. The monoisotopic (exact) mass is 399 g/mol. The van der Waals surface area contributed by atoms with Crippen LogP contribution < -0.4 is 0 Å². The lowest BCUT2D eigenvalue weighted by molar-refractivity contribution is 0.603. The number of imidazole rings is 1. The van der Waals surface area contributed by atoms with E-state index in [0.717, 1.165) is 41.2 Å². The van der Waals surface area contributed by atoms with Crippen LogP contribution in [-0.2, 0) is 13.0 Å². The van der Waals surface area contributed by atoms with Crippen LogP contribution in [-0.4, -0.2) is 19.5 Å². The molecule has 0 spiro atoms. The summed E-state index contributed by atoms with van der Waals surface area (Å²) >= 11 is 0. The maximum atomic E-state index is 8.97. The molecule has 4 aromatic rings. The number of nitriles is 1. The fourth-order valence-electron chi connectivity index (χ4n) is 3.70. The maximum Gasteiger partial charge on any atom is 0.159 e. The molecule has 8 rings (SSSR count). The molecule has 4 aliphatic heterocycles. The molecule has 142 valence electrons. The molecule has 1 atom stereocenters. The van der Waals surface area contributed by atoms with Crippen molar-refractivity contribution in [1.29, 1.82) is 5.26 Å². The summed E-state index contributed by atoms with van der Waals surface area (Å²) in [5, 5.41) is 8.97. The van der Waals surface area contributed by atoms with Crippen molar-refractivity contribution in [1.82, 2.24) is 19.5 Å². The van der Waals surface area contributed by atoms with Gasteiger partial charge in [0.05, 0.1) is 18.0 Å². The highest BCUT2D eigenvalue weighted by atomic mass is 35.5. The highest BCUT2D eigenvalue weighted by molar-refractivity contribution is 5.85. The number of hydrogen-bond donors (Lipinski definition) is 0. The summed E-state index contributed by atoms with van der Waals surface area (Å²) in [6, 6.07) is 18.4. The molecule has 0 N–H and O–H groups in total. The van der Waals surface area contributed by atoms with Crippen molar-refractivity contribution < 1.29 is 0 Å². The fourth-order valence-corrected chi connectivity index (χ4v) is 3.70. The fraction of sp³-hybridized carbons (Fsp3) is 0.130. The van der Waals surface area contributed by atoms with Crippen LogP contribution >= 0.6 is 12.4 Å². The van der Waals surface area contributed by atoms with Gasteiger partial charge in [0.1, 0.15) is 0 Å². The Morgan fingerprint density at radius 3 is 2.31 bits per heavy atom. The van der Waals surface area contributed by atoms with Gasteiger partial charge in [-0.05, 0) is 28.8 Å². The molecule has 5 nitrogen and oxygen atoms in total. The number of nitrogens with zero attached hydrogens (tertiary/aromatic N) is 5. The Morgan fingerprint density at radius 2 is 1.62 bits per heavy atom. The van der Waals surface area contributed by atoms with Gasteiger partial charge in [0.2, 0.25) is 0 Å². The number of rotatable bonds is 4. The van der Waals surface area contributed by atoms with Crippen LogP contribution in [0.2, 0.25) is 0 Å². The van der Waals surface area contributed by atoms with Gasteiger partial charge >= 0.3 is 0 Å². The van der Waals surface area contributed by atoms with E-state index < -0.39 is 0 Å². The van der Waals surface area contributed by atoms with Crippen LogP contribution in [0.15, 0.2) is 73.4 Å². The van der Waals surface area contributed by atoms with E-state index in [9.17, 15) is 0 Å². The molecule has 0 saturated carbocycles. The second-order valence-electron chi connectivity index (χ2n) is 7.04. The zero-order valence-electron chi connectivity index (χ0n) is 15.6. The Kier molecular flexibility index (Phi) is 5.11. The van der Waals surface area contributed by atoms with Gasteiger partial charge in [-0.3, -0.25) is 0 Å². The molecule has 2 aromatic heterocycles. The van der Waals surface area contributed by atoms with Crippen molar-refractivity contribution in [3.63, 3.8) is 0 Å². The van der Waals surface area contributed by atoms with Gasteiger partial charge in [-0.25, -0.2) is 15.0 Å². The molecule has 2 aromatic carbocycles. The van der Waals surface area contributed by atoms with Crippen molar-refractivity contribution >= 4 is 12.4 Å². The number of hydrogen-bond acceptors (Lipinski definition) is 4. The van der Waals surface area contributed by atoms with Crippen LogP contribution in [0.25, 0.3) is 11.4 Å². The molecule has 0 amide bonds. The first-order valence-corrected chi connectivity index (χ1v) is 9.20. The summed E-state index contributed by atoms with van der Waals surface area (Å²) in [5.41, 5.74) is 6.37. The van der Waals surface area contributed by atoms with Gasteiger partial charge in [0.25, 0.3) is 0 Å². The average molecular weight is 400 g/mol. The zero-order valence-corrected chi connectivity index (χ0v) is 16.4. The van der Waals surface area contributed by atoms with E-state index in [-0.39, 0.29) is 18.3 Å². The van der Waals surface area contributed by atoms with Crippen molar-refractivity contribution in [3.05, 3.63) is 101 Å². The first kappa shape index (κ1) is 18.9. The van der Waals surface area contributed by atoms with Crippen LogP contribution in [0.5, 0.6) is 0 Å². The molecule has 1 unspecified atom stereocenters. The molecule has 0 fully saturated rings. The predicted molar refractivity (Wildman–Crippen MR) is 113 cm³/mol. The Morgan fingerprint density at radius 1 is 0.897 bits per heavy atom. The smallest absolute Gasteiger partial charge is 0.159 e. The van der Waals surface area contributed by atoms with E-state index in [1.54, 1.807) is 0 Å². The van der Waals surface area contributed by atoms with Gasteiger partial charge in [-0.15, -0.1) is 12.4 Å². The third-order valence-corrected chi connectivity index (χ3v) is 5.29. The minimum atomic E-state index is 0. The quantitative estimate of drug-likeness (QED) is 0.511. The van der Waals surface area contributed by atoms with E-state index >= 15 is 0 Å². The first-order valence-electron chi connectivity index (χ1n) is 9.20. The Balaban J connectivity index is 0.00000205. The van der Waals surface area contributed by atoms with Crippen LogP contribution in [0.4, 0.5) is 0 Å². The topological polar surface area (TPSA) is 67.4 Å². The summed E-state index contributed by atoms with van der Waals surface area (Å²) in [4.78, 5) is 13.4. The van der Waals surface area contributed by atoms with E-state index in [2.05, 4.69) is 49.9 Å². The van der Waals surface area contributed by atoms with Gasteiger partial charge in [0.15, 0.2) is 5.82 Å². The molecule has 0 aliphatic carbocycles. The Labute approximate surface area is 175 Å². The minimum absolute atomic E-state index is 0. The van der Waals surface area contributed by atoms with Gasteiger partial charge in [-0.1, -0.05) is 36.4 Å². The number of halogens is 1. The van der Waals surface area contributed by atoms with Crippen LogP contribution in [0, 0.1) is 11.3 Å². The highest BCUT2D eigenvalue weighted by Gasteiger charge is 2.20. The van der Waals surface area contributed by atoms with E-state index in [1.165, 1.54) is 5.56 Å². The Hall–Kier alpha value is -3.49. The summed E-state index contributed by atoms with van der Waals surface area (Å²) in [6.45, 7) is 0.771. The maximum absolute atomic E-state index is 8.97. The molecular formula is C23H18ClN5. The minimum Gasteiger partial charge on any atom is -0.333 e. The SMILES string of the molecule is Cl.N#Cc1ccc(Cc2cncn2CC2c3ccc(cc3)-c3ncc2cn3)cc1.